The molecule has 70 valence electrons. The summed E-state index contributed by atoms with van der Waals surface area (Å²) in [5, 5.41) is 3.50. The average molecular weight is 169 g/mol. The lowest BCUT2D eigenvalue weighted by atomic mass is 10.0. The molecule has 0 radical (unpaired) electrons. The lowest BCUT2D eigenvalue weighted by Gasteiger charge is -2.27. The molecule has 1 N–H and O–H groups in total. The van der Waals surface area contributed by atoms with Crippen molar-refractivity contribution in [1.82, 2.24) is 5.32 Å². The van der Waals surface area contributed by atoms with Crippen molar-refractivity contribution >= 4 is 0 Å². The fraction of sp³-hybridized carbons (Fsp3) is 1.00. The van der Waals surface area contributed by atoms with Crippen molar-refractivity contribution < 1.29 is 4.74 Å². The summed E-state index contributed by atoms with van der Waals surface area (Å²) >= 11 is 0. The summed E-state index contributed by atoms with van der Waals surface area (Å²) < 4.78 is 6.00. The molecule has 1 spiro atoms. The van der Waals surface area contributed by atoms with Gasteiger partial charge in [-0.25, -0.2) is 0 Å². The van der Waals surface area contributed by atoms with Crippen molar-refractivity contribution in [3.05, 3.63) is 0 Å². The highest BCUT2D eigenvalue weighted by atomic mass is 16.5. The minimum Gasteiger partial charge on any atom is -0.373 e. The molecule has 12 heavy (non-hydrogen) atoms. The van der Waals surface area contributed by atoms with E-state index < -0.39 is 0 Å². The first kappa shape index (κ1) is 8.52. The van der Waals surface area contributed by atoms with Crippen LogP contribution in [0, 0.1) is 5.92 Å². The van der Waals surface area contributed by atoms with Crippen LogP contribution < -0.4 is 5.32 Å². The fourth-order valence-electron chi connectivity index (χ4n) is 2.32. The molecule has 1 atom stereocenters. The second kappa shape index (κ2) is 3.35. The van der Waals surface area contributed by atoms with E-state index in [1.54, 1.807) is 0 Å². The Morgan fingerprint density at radius 3 is 2.83 bits per heavy atom. The Morgan fingerprint density at radius 1 is 1.33 bits per heavy atom. The highest BCUT2D eigenvalue weighted by molar-refractivity contribution is 4.90. The highest BCUT2D eigenvalue weighted by Gasteiger charge is 2.36. The van der Waals surface area contributed by atoms with E-state index in [-0.39, 0.29) is 5.60 Å². The third-order valence-corrected chi connectivity index (χ3v) is 3.13. The van der Waals surface area contributed by atoms with Crippen LogP contribution in [0.2, 0.25) is 0 Å². The number of nitrogens with one attached hydrogen (secondary N) is 1. The van der Waals surface area contributed by atoms with E-state index in [4.69, 9.17) is 4.74 Å². The van der Waals surface area contributed by atoms with Gasteiger partial charge in [-0.1, -0.05) is 19.8 Å². The molecule has 1 aliphatic carbocycles. The molecular formula is C10H19NO. The zero-order valence-corrected chi connectivity index (χ0v) is 7.94. The molecule has 2 fully saturated rings. The second-order valence-electron chi connectivity index (χ2n) is 4.44. The van der Waals surface area contributed by atoms with E-state index in [9.17, 15) is 0 Å². The zero-order chi connectivity index (χ0) is 8.44. The van der Waals surface area contributed by atoms with Gasteiger partial charge in [0.05, 0.1) is 12.2 Å². The van der Waals surface area contributed by atoms with E-state index in [0.29, 0.717) is 5.92 Å². The van der Waals surface area contributed by atoms with Crippen LogP contribution in [0.5, 0.6) is 0 Å². The van der Waals surface area contributed by atoms with Crippen LogP contribution in [0.15, 0.2) is 0 Å². The van der Waals surface area contributed by atoms with Gasteiger partial charge in [-0.15, -0.1) is 0 Å². The van der Waals surface area contributed by atoms with Crippen molar-refractivity contribution in [1.29, 1.82) is 0 Å². The van der Waals surface area contributed by atoms with Crippen LogP contribution in [-0.2, 0) is 4.74 Å². The molecule has 2 heteroatoms. The van der Waals surface area contributed by atoms with Crippen molar-refractivity contribution in [3.63, 3.8) is 0 Å². The minimum absolute atomic E-state index is 0.227. The van der Waals surface area contributed by atoms with Gasteiger partial charge in [-0.2, -0.15) is 0 Å². The van der Waals surface area contributed by atoms with Crippen LogP contribution in [-0.4, -0.2) is 25.3 Å². The van der Waals surface area contributed by atoms with Gasteiger partial charge in [0.25, 0.3) is 0 Å². The van der Waals surface area contributed by atoms with Gasteiger partial charge in [0.1, 0.15) is 0 Å². The largest absolute Gasteiger partial charge is 0.373 e. The molecule has 0 aromatic carbocycles. The molecule has 0 aromatic heterocycles. The van der Waals surface area contributed by atoms with Gasteiger partial charge < -0.3 is 10.1 Å². The van der Waals surface area contributed by atoms with Crippen LogP contribution >= 0.6 is 0 Å². The first-order valence-electron chi connectivity index (χ1n) is 5.15. The summed E-state index contributed by atoms with van der Waals surface area (Å²) in [6, 6.07) is 0. The number of hydrogen-bond donors (Lipinski definition) is 1. The monoisotopic (exact) mass is 169 g/mol. The zero-order valence-electron chi connectivity index (χ0n) is 7.94. The predicted octanol–water partition coefficient (Wildman–Crippen LogP) is 1.56. The quantitative estimate of drug-likeness (QED) is 0.594. The van der Waals surface area contributed by atoms with Crippen molar-refractivity contribution in [2.45, 2.75) is 38.2 Å². The fourth-order valence-corrected chi connectivity index (χ4v) is 2.32. The van der Waals surface area contributed by atoms with Gasteiger partial charge in [-0.3, -0.25) is 0 Å². The van der Waals surface area contributed by atoms with Crippen molar-refractivity contribution in [2.75, 3.05) is 19.7 Å². The lowest BCUT2D eigenvalue weighted by Crippen LogP contribution is -2.38. The van der Waals surface area contributed by atoms with Crippen molar-refractivity contribution in [2.24, 2.45) is 5.92 Å². The smallest absolute Gasteiger partial charge is 0.0806 e. The SMILES string of the molecule is CC1CNCC2(CCCC2)OC1. The Balaban J connectivity index is 1.97. The Morgan fingerprint density at radius 2 is 2.08 bits per heavy atom. The Labute approximate surface area is 74.7 Å². The summed E-state index contributed by atoms with van der Waals surface area (Å²) in [6.07, 6.45) is 5.26. The van der Waals surface area contributed by atoms with E-state index in [2.05, 4.69) is 12.2 Å². The Kier molecular flexibility index (Phi) is 2.37. The van der Waals surface area contributed by atoms with Crippen LogP contribution in [0.4, 0.5) is 0 Å². The molecule has 0 aromatic rings. The lowest BCUT2D eigenvalue weighted by molar-refractivity contribution is -0.0371. The van der Waals surface area contributed by atoms with Crippen LogP contribution in [0.3, 0.4) is 0 Å². The average Bonchev–Trinajstić information content (AvgIpc) is 2.42. The van der Waals surface area contributed by atoms with E-state index in [1.807, 2.05) is 0 Å². The van der Waals surface area contributed by atoms with Gasteiger partial charge in [0, 0.05) is 13.1 Å². The Bertz CT molecular complexity index is 152. The molecule has 1 unspecified atom stereocenters. The first-order chi connectivity index (χ1) is 5.81. The van der Waals surface area contributed by atoms with Crippen LogP contribution in [0.25, 0.3) is 0 Å². The standard InChI is InChI=1S/C10H19NO/c1-9-6-11-8-10(12-7-9)4-2-3-5-10/h9,11H,2-8H2,1H3. The molecule has 0 amide bonds. The molecule has 0 bridgehead atoms. The summed E-state index contributed by atoms with van der Waals surface area (Å²) in [4.78, 5) is 0. The maximum atomic E-state index is 6.00. The molecule has 1 heterocycles. The topological polar surface area (TPSA) is 21.3 Å². The first-order valence-corrected chi connectivity index (χ1v) is 5.15. The predicted molar refractivity (Wildman–Crippen MR) is 49.2 cm³/mol. The van der Waals surface area contributed by atoms with E-state index >= 15 is 0 Å². The molecule has 1 aliphatic heterocycles. The van der Waals surface area contributed by atoms with E-state index in [1.165, 1.54) is 25.7 Å². The normalized spacial score (nSPS) is 35.2. The van der Waals surface area contributed by atoms with Gasteiger partial charge >= 0.3 is 0 Å². The molecule has 2 rings (SSSR count). The summed E-state index contributed by atoms with van der Waals surface area (Å²) in [7, 11) is 0. The Hall–Kier alpha value is -0.0800. The third kappa shape index (κ3) is 1.64. The highest BCUT2D eigenvalue weighted by Crippen LogP contribution is 2.33. The van der Waals surface area contributed by atoms with Gasteiger partial charge in [0.15, 0.2) is 0 Å². The maximum absolute atomic E-state index is 6.00. The second-order valence-corrected chi connectivity index (χ2v) is 4.44. The number of ether oxygens (including phenoxy) is 1. The van der Waals surface area contributed by atoms with Gasteiger partial charge in [-0.05, 0) is 18.8 Å². The summed E-state index contributed by atoms with van der Waals surface area (Å²) in [5.41, 5.74) is 0.227. The number of rotatable bonds is 0. The molecule has 2 aliphatic rings. The summed E-state index contributed by atoms with van der Waals surface area (Å²) in [5.74, 6) is 0.685. The van der Waals surface area contributed by atoms with Gasteiger partial charge in [0.2, 0.25) is 0 Å². The van der Waals surface area contributed by atoms with E-state index in [0.717, 1.165) is 19.7 Å². The minimum atomic E-state index is 0.227. The molecule has 1 saturated heterocycles. The van der Waals surface area contributed by atoms with Crippen molar-refractivity contribution in [3.8, 4) is 0 Å². The molecule has 1 saturated carbocycles. The number of hydrogen-bond acceptors (Lipinski definition) is 2. The maximum Gasteiger partial charge on any atom is 0.0806 e. The summed E-state index contributed by atoms with van der Waals surface area (Å²) in [6.45, 7) is 5.41. The molecule has 2 nitrogen and oxygen atoms in total. The molecular weight excluding hydrogens is 150 g/mol. The third-order valence-electron chi connectivity index (χ3n) is 3.13. The van der Waals surface area contributed by atoms with Crippen LogP contribution in [0.1, 0.15) is 32.6 Å².